The van der Waals surface area contributed by atoms with Gasteiger partial charge in [0.05, 0.1) is 17.6 Å². The first-order valence-electron chi connectivity index (χ1n) is 4.14. The van der Waals surface area contributed by atoms with Crippen LogP contribution in [0.1, 0.15) is 5.56 Å². The van der Waals surface area contributed by atoms with E-state index < -0.39 is 0 Å². The van der Waals surface area contributed by atoms with Crippen molar-refractivity contribution in [1.82, 2.24) is 4.90 Å². The lowest BCUT2D eigenvalue weighted by Crippen LogP contribution is -2.07. The third kappa shape index (κ3) is 3.33. The number of nitrogens with zero attached hydrogens (tertiary/aromatic N) is 3. The van der Waals surface area contributed by atoms with Crippen LogP contribution in [0.5, 0.6) is 0 Å². The normalized spacial score (nSPS) is 10.3. The Labute approximate surface area is 106 Å². The van der Waals surface area contributed by atoms with Gasteiger partial charge >= 0.3 is 0 Å². The van der Waals surface area contributed by atoms with Crippen molar-refractivity contribution in [1.29, 1.82) is 5.26 Å². The third-order valence-corrected chi connectivity index (χ3v) is 2.63. The number of rotatable bonds is 2. The van der Waals surface area contributed by atoms with E-state index in [1.807, 2.05) is 25.1 Å². The number of benzene rings is 1. The van der Waals surface area contributed by atoms with E-state index in [-0.39, 0.29) is 0 Å². The molecule has 5 heteroatoms. The number of nitriles is 1. The van der Waals surface area contributed by atoms with E-state index in [0.717, 1.165) is 8.95 Å². The first-order chi connectivity index (χ1) is 7.04. The van der Waals surface area contributed by atoms with Crippen molar-refractivity contribution < 1.29 is 0 Å². The van der Waals surface area contributed by atoms with Crippen LogP contribution in [0.4, 0.5) is 5.69 Å². The summed E-state index contributed by atoms with van der Waals surface area (Å²) >= 11 is 6.70. The molecular formula is C10H9Br2N3. The molecule has 0 unspecified atom stereocenters. The van der Waals surface area contributed by atoms with Crippen molar-refractivity contribution in [3.05, 3.63) is 26.6 Å². The monoisotopic (exact) mass is 329 g/mol. The molecule has 0 bridgehead atoms. The minimum Gasteiger partial charge on any atom is -0.369 e. The molecule has 0 fully saturated rings. The summed E-state index contributed by atoms with van der Waals surface area (Å²) in [5, 5.41) is 8.95. The van der Waals surface area contributed by atoms with E-state index in [1.165, 1.54) is 0 Å². The van der Waals surface area contributed by atoms with Gasteiger partial charge in [0.15, 0.2) is 0 Å². The Morgan fingerprint density at radius 3 is 2.60 bits per heavy atom. The van der Waals surface area contributed by atoms with Crippen molar-refractivity contribution in [3.8, 4) is 6.07 Å². The van der Waals surface area contributed by atoms with E-state index in [4.69, 9.17) is 5.26 Å². The standard InChI is InChI=1S/C10H9Br2N3/c1-15(2)6-14-10-7(5-13)3-8(11)4-9(10)12/h3-4,6H,1-2H3/b14-6-. The van der Waals surface area contributed by atoms with Gasteiger partial charge in [0.25, 0.3) is 0 Å². The minimum atomic E-state index is 0.536. The molecule has 3 nitrogen and oxygen atoms in total. The molecule has 0 N–H and O–H groups in total. The van der Waals surface area contributed by atoms with E-state index in [0.29, 0.717) is 11.3 Å². The fourth-order valence-corrected chi connectivity index (χ4v) is 2.28. The summed E-state index contributed by atoms with van der Waals surface area (Å²) < 4.78 is 1.65. The highest BCUT2D eigenvalue weighted by atomic mass is 79.9. The van der Waals surface area contributed by atoms with Gasteiger partial charge in [-0.2, -0.15) is 5.26 Å². The van der Waals surface area contributed by atoms with E-state index in [9.17, 15) is 0 Å². The molecule has 0 aliphatic carbocycles. The fourth-order valence-electron chi connectivity index (χ4n) is 0.956. The van der Waals surface area contributed by atoms with Crippen LogP contribution in [-0.4, -0.2) is 25.3 Å². The van der Waals surface area contributed by atoms with Gasteiger partial charge in [0.2, 0.25) is 0 Å². The van der Waals surface area contributed by atoms with Crippen molar-refractivity contribution >= 4 is 43.9 Å². The lowest BCUT2D eigenvalue weighted by molar-refractivity contribution is 0.643. The molecule has 1 aromatic carbocycles. The smallest absolute Gasteiger partial charge is 0.101 e. The Hall–Kier alpha value is -0.860. The van der Waals surface area contributed by atoms with Gasteiger partial charge in [-0.25, -0.2) is 4.99 Å². The zero-order valence-corrected chi connectivity index (χ0v) is 11.5. The van der Waals surface area contributed by atoms with Gasteiger partial charge in [0, 0.05) is 23.0 Å². The second-order valence-electron chi connectivity index (χ2n) is 3.10. The van der Waals surface area contributed by atoms with Crippen LogP contribution >= 0.6 is 31.9 Å². The molecule has 0 radical (unpaired) electrons. The SMILES string of the molecule is CN(C)/C=N\c1c(Br)cc(Br)cc1C#N. The highest BCUT2D eigenvalue weighted by molar-refractivity contribution is 9.11. The molecule has 0 amide bonds. The quantitative estimate of drug-likeness (QED) is 0.616. The van der Waals surface area contributed by atoms with Crippen LogP contribution in [0.25, 0.3) is 0 Å². The van der Waals surface area contributed by atoms with Crippen LogP contribution in [0.2, 0.25) is 0 Å². The van der Waals surface area contributed by atoms with Gasteiger partial charge in [-0.15, -0.1) is 0 Å². The molecule has 1 rings (SSSR count). The van der Waals surface area contributed by atoms with Crippen molar-refractivity contribution in [2.24, 2.45) is 4.99 Å². The van der Waals surface area contributed by atoms with Crippen LogP contribution in [0.3, 0.4) is 0 Å². The first-order valence-corrected chi connectivity index (χ1v) is 5.73. The number of hydrogen-bond acceptors (Lipinski definition) is 2. The molecule has 1 aromatic rings. The van der Waals surface area contributed by atoms with E-state index in [2.05, 4.69) is 42.9 Å². The van der Waals surface area contributed by atoms with Crippen LogP contribution in [-0.2, 0) is 0 Å². The number of hydrogen-bond donors (Lipinski definition) is 0. The van der Waals surface area contributed by atoms with Gasteiger partial charge in [0.1, 0.15) is 6.07 Å². The largest absolute Gasteiger partial charge is 0.369 e. The molecule has 0 aliphatic rings. The molecule has 0 heterocycles. The number of aliphatic imine (C=N–C) groups is 1. The third-order valence-electron chi connectivity index (χ3n) is 1.57. The van der Waals surface area contributed by atoms with Gasteiger partial charge in [-0.3, -0.25) is 0 Å². The minimum absolute atomic E-state index is 0.536. The summed E-state index contributed by atoms with van der Waals surface area (Å²) in [5.74, 6) is 0. The Balaban J connectivity index is 3.23. The summed E-state index contributed by atoms with van der Waals surface area (Å²) in [6.45, 7) is 0. The summed E-state index contributed by atoms with van der Waals surface area (Å²) in [6.07, 6.45) is 1.66. The predicted octanol–water partition coefficient (Wildman–Crippen LogP) is 3.30. The summed E-state index contributed by atoms with van der Waals surface area (Å²) in [6, 6.07) is 5.72. The Kier molecular flexibility index (Phi) is 4.30. The van der Waals surface area contributed by atoms with Crippen molar-refractivity contribution in [2.45, 2.75) is 0 Å². The van der Waals surface area contributed by atoms with E-state index >= 15 is 0 Å². The highest BCUT2D eigenvalue weighted by Gasteiger charge is 2.06. The highest BCUT2D eigenvalue weighted by Crippen LogP contribution is 2.32. The summed E-state index contributed by atoms with van der Waals surface area (Å²) in [4.78, 5) is 6.04. The molecule has 0 atom stereocenters. The maximum atomic E-state index is 8.95. The summed E-state index contributed by atoms with van der Waals surface area (Å²) in [5.41, 5.74) is 1.18. The van der Waals surface area contributed by atoms with Crippen molar-refractivity contribution in [3.63, 3.8) is 0 Å². The lowest BCUT2D eigenvalue weighted by Gasteiger charge is -2.05. The Morgan fingerprint density at radius 2 is 2.07 bits per heavy atom. The van der Waals surface area contributed by atoms with Crippen LogP contribution in [0, 0.1) is 11.3 Å². The van der Waals surface area contributed by atoms with Crippen LogP contribution in [0.15, 0.2) is 26.1 Å². The van der Waals surface area contributed by atoms with Gasteiger partial charge in [-0.1, -0.05) is 15.9 Å². The zero-order valence-electron chi connectivity index (χ0n) is 8.33. The second kappa shape index (κ2) is 5.29. The average molecular weight is 331 g/mol. The molecule has 0 aliphatic heterocycles. The molecule has 0 saturated heterocycles. The van der Waals surface area contributed by atoms with Gasteiger partial charge in [-0.05, 0) is 28.1 Å². The maximum absolute atomic E-state index is 8.95. The zero-order chi connectivity index (χ0) is 11.4. The molecular weight excluding hydrogens is 322 g/mol. The second-order valence-corrected chi connectivity index (χ2v) is 4.87. The Morgan fingerprint density at radius 1 is 1.40 bits per heavy atom. The molecule has 15 heavy (non-hydrogen) atoms. The molecule has 0 saturated carbocycles. The molecule has 78 valence electrons. The molecule has 0 aromatic heterocycles. The summed E-state index contributed by atoms with van der Waals surface area (Å²) in [7, 11) is 3.75. The average Bonchev–Trinajstić information content (AvgIpc) is 2.14. The first kappa shape index (κ1) is 12.2. The van der Waals surface area contributed by atoms with Crippen molar-refractivity contribution in [2.75, 3.05) is 14.1 Å². The van der Waals surface area contributed by atoms with Gasteiger partial charge < -0.3 is 4.90 Å². The topological polar surface area (TPSA) is 39.4 Å². The fraction of sp³-hybridized carbons (Fsp3) is 0.200. The lowest BCUT2D eigenvalue weighted by atomic mass is 10.2. The maximum Gasteiger partial charge on any atom is 0.101 e. The predicted molar refractivity (Wildman–Crippen MR) is 68.4 cm³/mol. The van der Waals surface area contributed by atoms with E-state index in [1.54, 1.807) is 12.4 Å². The number of halogens is 2. The Bertz CT molecular complexity index is 433. The molecule has 0 spiro atoms. The van der Waals surface area contributed by atoms with Crippen LogP contribution < -0.4 is 0 Å².